The van der Waals surface area contributed by atoms with E-state index in [1.807, 2.05) is 54.2 Å². The lowest BCUT2D eigenvalue weighted by molar-refractivity contribution is 0.190. The lowest BCUT2D eigenvalue weighted by Gasteiger charge is -2.32. The maximum Gasteiger partial charge on any atom is 0.253 e. The van der Waals surface area contributed by atoms with Crippen molar-refractivity contribution in [2.75, 3.05) is 0 Å². The molecule has 0 amide bonds. The average molecular weight is 520 g/mol. The van der Waals surface area contributed by atoms with Crippen LogP contribution in [0.1, 0.15) is 71.4 Å². The number of aryl methyl sites for hydroxylation is 2. The fourth-order valence-corrected chi connectivity index (χ4v) is 5.96. The molecule has 1 fully saturated rings. The van der Waals surface area contributed by atoms with Crippen LogP contribution in [-0.4, -0.2) is 35.1 Å². The summed E-state index contributed by atoms with van der Waals surface area (Å²) in [7, 11) is 0. The minimum absolute atomic E-state index is 0.122. The molecule has 0 bridgehead atoms. The van der Waals surface area contributed by atoms with Gasteiger partial charge in [-0.3, -0.25) is 14.7 Å². The molecule has 2 aromatic carbocycles. The van der Waals surface area contributed by atoms with Gasteiger partial charge >= 0.3 is 0 Å². The van der Waals surface area contributed by atoms with E-state index in [2.05, 4.69) is 61.6 Å². The number of nitrogens with zero attached hydrogens (tertiary/aromatic N) is 6. The Hall–Kier alpha value is -4.17. The van der Waals surface area contributed by atoms with Crippen LogP contribution < -0.4 is 5.56 Å². The number of aromatic nitrogens is 6. The van der Waals surface area contributed by atoms with Crippen LogP contribution in [0.2, 0.25) is 0 Å². The molecule has 0 aliphatic heterocycles. The highest BCUT2D eigenvalue weighted by Gasteiger charge is 2.33. The van der Waals surface area contributed by atoms with Crippen LogP contribution in [-0.2, 0) is 13.1 Å². The van der Waals surface area contributed by atoms with Crippen molar-refractivity contribution in [2.24, 2.45) is 0 Å². The van der Waals surface area contributed by atoms with Crippen LogP contribution in [0.5, 0.6) is 0 Å². The van der Waals surface area contributed by atoms with Gasteiger partial charge in [0.25, 0.3) is 5.56 Å². The Labute approximate surface area is 227 Å². The maximum atomic E-state index is 13.9. The van der Waals surface area contributed by atoms with E-state index in [4.69, 9.17) is 0 Å². The second-order valence-electron chi connectivity index (χ2n) is 10.7. The number of nitrogens with one attached hydrogen (secondary N) is 1. The summed E-state index contributed by atoms with van der Waals surface area (Å²) in [4.78, 5) is 23.7. The van der Waals surface area contributed by atoms with Gasteiger partial charge in [0.05, 0.1) is 6.04 Å². The minimum Gasteiger partial charge on any atom is -0.322 e. The largest absolute Gasteiger partial charge is 0.322 e. The second-order valence-corrected chi connectivity index (χ2v) is 10.7. The molecule has 0 radical (unpaired) electrons. The Morgan fingerprint density at radius 2 is 1.77 bits per heavy atom. The van der Waals surface area contributed by atoms with Crippen molar-refractivity contribution in [2.45, 2.75) is 64.7 Å². The van der Waals surface area contributed by atoms with Gasteiger partial charge in [0, 0.05) is 41.9 Å². The molecule has 1 aliphatic carbocycles. The first-order chi connectivity index (χ1) is 19.1. The predicted molar refractivity (Wildman–Crippen MR) is 151 cm³/mol. The van der Waals surface area contributed by atoms with Crippen LogP contribution in [0.4, 0.5) is 0 Å². The summed E-state index contributed by atoms with van der Waals surface area (Å²) in [6, 6.07) is 20.4. The van der Waals surface area contributed by atoms with E-state index < -0.39 is 6.04 Å². The topological polar surface area (TPSA) is 92.6 Å². The van der Waals surface area contributed by atoms with Gasteiger partial charge in [0.2, 0.25) is 0 Å². The molecule has 1 saturated carbocycles. The van der Waals surface area contributed by atoms with Gasteiger partial charge in [-0.05, 0) is 77.6 Å². The first kappa shape index (κ1) is 25.1. The van der Waals surface area contributed by atoms with Crippen molar-refractivity contribution in [1.82, 2.24) is 35.1 Å². The Kier molecular flexibility index (Phi) is 7.02. The van der Waals surface area contributed by atoms with Gasteiger partial charge in [0.1, 0.15) is 6.04 Å². The Bertz CT molecular complexity index is 1580. The molecule has 1 aliphatic rings. The van der Waals surface area contributed by atoms with E-state index >= 15 is 0 Å². The zero-order chi connectivity index (χ0) is 26.8. The summed E-state index contributed by atoms with van der Waals surface area (Å²) in [6.07, 6.45) is 8.06. The van der Waals surface area contributed by atoms with E-state index in [9.17, 15) is 4.79 Å². The Morgan fingerprint density at radius 1 is 1.00 bits per heavy atom. The lowest BCUT2D eigenvalue weighted by atomic mass is 9.99. The normalized spacial score (nSPS) is 14.8. The summed E-state index contributed by atoms with van der Waals surface area (Å²) in [6.45, 7) is 5.33. The third-order valence-corrected chi connectivity index (χ3v) is 7.77. The zero-order valence-corrected chi connectivity index (χ0v) is 22.4. The van der Waals surface area contributed by atoms with Gasteiger partial charge in [-0.2, -0.15) is 0 Å². The van der Waals surface area contributed by atoms with Gasteiger partial charge in [-0.1, -0.05) is 55.3 Å². The summed E-state index contributed by atoms with van der Waals surface area (Å²) in [5.41, 5.74) is 5.81. The molecule has 39 heavy (non-hydrogen) atoms. The highest BCUT2D eigenvalue weighted by molar-refractivity contribution is 5.83. The summed E-state index contributed by atoms with van der Waals surface area (Å²) < 4.78 is 1.98. The van der Waals surface area contributed by atoms with Gasteiger partial charge < -0.3 is 4.98 Å². The standard InChI is InChI=1S/C31H33N7O/c1-21-15-22(2)26-17-27(31(39)33-28(26)16-21)29(30-34-35-36-38(30)25-12-6-7-13-25)37(19-23-9-4-3-5-10-23)20-24-11-8-14-32-18-24/h3-5,8-11,14-18,25,29H,6-7,12-13,19-20H2,1-2H3,(H,33,39)/t29-/m1/s1. The van der Waals surface area contributed by atoms with Crippen LogP contribution in [0.3, 0.4) is 0 Å². The number of fused-ring (bicyclic) bond motifs is 1. The molecule has 5 aromatic rings. The van der Waals surface area contributed by atoms with Crippen molar-refractivity contribution in [3.05, 3.63) is 117 Å². The first-order valence-corrected chi connectivity index (χ1v) is 13.7. The van der Waals surface area contributed by atoms with Crippen molar-refractivity contribution < 1.29 is 0 Å². The third kappa shape index (κ3) is 5.25. The summed E-state index contributed by atoms with van der Waals surface area (Å²) in [5, 5.41) is 14.2. The predicted octanol–water partition coefficient (Wildman–Crippen LogP) is 5.43. The number of rotatable bonds is 8. The van der Waals surface area contributed by atoms with Crippen LogP contribution in [0, 0.1) is 13.8 Å². The molecule has 3 heterocycles. The van der Waals surface area contributed by atoms with Crippen molar-refractivity contribution in [1.29, 1.82) is 0 Å². The van der Waals surface area contributed by atoms with Gasteiger partial charge in [0.15, 0.2) is 5.82 Å². The van der Waals surface area contributed by atoms with Crippen LogP contribution in [0.15, 0.2) is 77.9 Å². The number of H-pyrrole nitrogens is 1. The highest BCUT2D eigenvalue weighted by atomic mass is 16.1. The average Bonchev–Trinajstić information content (AvgIpc) is 3.63. The number of hydrogen-bond acceptors (Lipinski definition) is 6. The summed E-state index contributed by atoms with van der Waals surface area (Å²) in [5.74, 6) is 0.705. The van der Waals surface area contributed by atoms with E-state index in [-0.39, 0.29) is 11.6 Å². The molecule has 198 valence electrons. The smallest absolute Gasteiger partial charge is 0.253 e. The number of tetrazole rings is 1. The molecule has 0 saturated heterocycles. The number of aromatic amines is 1. The number of hydrogen-bond donors (Lipinski definition) is 1. The number of benzene rings is 2. The molecule has 8 nitrogen and oxygen atoms in total. The fourth-order valence-electron chi connectivity index (χ4n) is 5.96. The van der Waals surface area contributed by atoms with Crippen molar-refractivity contribution in [3.63, 3.8) is 0 Å². The SMILES string of the molecule is Cc1cc(C)c2cc([C@H](c3nnnn3C3CCCC3)N(Cc3ccccc3)Cc3cccnc3)c(=O)[nH]c2c1. The minimum atomic E-state index is -0.463. The molecule has 1 N–H and O–H groups in total. The van der Waals surface area contributed by atoms with Crippen molar-refractivity contribution >= 4 is 10.9 Å². The Morgan fingerprint density at radius 3 is 2.54 bits per heavy atom. The van der Waals surface area contributed by atoms with E-state index in [0.717, 1.165) is 58.8 Å². The maximum absolute atomic E-state index is 13.9. The first-order valence-electron chi connectivity index (χ1n) is 13.7. The molecule has 0 unspecified atom stereocenters. The molecular formula is C31H33N7O. The molecule has 6 rings (SSSR count). The van der Waals surface area contributed by atoms with Crippen molar-refractivity contribution in [3.8, 4) is 0 Å². The quantitative estimate of drug-likeness (QED) is 0.294. The monoisotopic (exact) mass is 519 g/mol. The van der Waals surface area contributed by atoms with E-state index in [1.165, 1.54) is 0 Å². The zero-order valence-electron chi connectivity index (χ0n) is 22.4. The lowest BCUT2D eigenvalue weighted by Crippen LogP contribution is -2.35. The third-order valence-electron chi connectivity index (χ3n) is 7.77. The van der Waals surface area contributed by atoms with Gasteiger partial charge in [-0.15, -0.1) is 5.10 Å². The molecule has 1 atom stereocenters. The number of pyridine rings is 2. The van der Waals surface area contributed by atoms with Crippen LogP contribution >= 0.6 is 0 Å². The van der Waals surface area contributed by atoms with Crippen LogP contribution in [0.25, 0.3) is 10.9 Å². The molecule has 8 heteroatoms. The van der Waals surface area contributed by atoms with E-state index in [0.29, 0.717) is 24.5 Å². The van der Waals surface area contributed by atoms with Gasteiger partial charge in [-0.25, -0.2) is 4.68 Å². The second kappa shape index (κ2) is 10.9. The fraction of sp³-hybridized carbons (Fsp3) is 0.323. The molecule has 3 aromatic heterocycles. The van der Waals surface area contributed by atoms with E-state index in [1.54, 1.807) is 6.20 Å². The highest BCUT2D eigenvalue weighted by Crippen LogP contribution is 2.35. The summed E-state index contributed by atoms with van der Waals surface area (Å²) >= 11 is 0. The Balaban J connectivity index is 1.55. The molecule has 0 spiro atoms. The molecular weight excluding hydrogens is 486 g/mol.